The van der Waals surface area contributed by atoms with Gasteiger partial charge in [0.05, 0.1) is 6.42 Å². The van der Waals surface area contributed by atoms with Gasteiger partial charge in [0.2, 0.25) is 5.91 Å². The van der Waals surface area contributed by atoms with E-state index in [9.17, 15) is 4.79 Å². The van der Waals surface area contributed by atoms with Crippen molar-refractivity contribution in [2.45, 2.75) is 48.0 Å². The summed E-state index contributed by atoms with van der Waals surface area (Å²) in [6.07, 6.45) is 0.334. The van der Waals surface area contributed by atoms with E-state index in [0.717, 1.165) is 5.56 Å². The highest BCUT2D eigenvalue weighted by Gasteiger charge is 1.94. The molecule has 16 heavy (non-hydrogen) atoms. The maximum absolute atomic E-state index is 10.4. The number of rotatable bonds is 2. The number of hydrogen-bond donors (Lipinski definition) is 1. The van der Waals surface area contributed by atoms with Crippen molar-refractivity contribution in [3.63, 3.8) is 0 Å². The van der Waals surface area contributed by atoms with Crippen molar-refractivity contribution in [2.75, 3.05) is 0 Å². The highest BCUT2D eigenvalue weighted by atomic mass is 16.1. The van der Waals surface area contributed by atoms with Crippen LogP contribution < -0.4 is 5.73 Å². The Morgan fingerprint density at radius 2 is 1.31 bits per heavy atom. The summed E-state index contributed by atoms with van der Waals surface area (Å²) in [5.74, 6) is -0.286. The molecule has 2 nitrogen and oxygen atoms in total. The largest absolute Gasteiger partial charge is 0.369 e. The monoisotopic (exact) mass is 225 g/mol. The van der Waals surface area contributed by atoms with Crippen LogP contribution in [-0.2, 0) is 11.2 Å². The van der Waals surface area contributed by atoms with Crippen LogP contribution in [0, 0.1) is 0 Å². The molecule has 0 aromatic heterocycles. The zero-order chi connectivity index (χ0) is 13.4. The summed E-state index contributed by atoms with van der Waals surface area (Å²) in [6.45, 7) is 12.0. The molecular weight excluding hydrogens is 198 g/mol. The molecule has 2 N–H and O–H groups in total. The average Bonchev–Trinajstić information content (AvgIpc) is 2.37. The molecule has 0 aliphatic heterocycles. The van der Waals surface area contributed by atoms with Crippen LogP contribution in [0.15, 0.2) is 30.3 Å². The van der Waals surface area contributed by atoms with Crippen LogP contribution in [0.4, 0.5) is 0 Å². The minimum absolute atomic E-state index is 0.286. The number of amides is 1. The number of primary amides is 1. The van der Waals surface area contributed by atoms with E-state index < -0.39 is 0 Å². The first-order valence-electron chi connectivity index (χ1n) is 6.11. The fourth-order valence-electron chi connectivity index (χ4n) is 0.797. The van der Waals surface area contributed by atoms with E-state index in [1.807, 2.05) is 71.9 Å². The van der Waals surface area contributed by atoms with E-state index in [4.69, 9.17) is 5.73 Å². The minimum Gasteiger partial charge on any atom is -0.369 e. The molecule has 1 aromatic carbocycles. The molecule has 0 saturated carbocycles. The van der Waals surface area contributed by atoms with E-state index >= 15 is 0 Å². The van der Waals surface area contributed by atoms with Gasteiger partial charge in [-0.25, -0.2) is 0 Å². The first-order valence-corrected chi connectivity index (χ1v) is 6.11. The van der Waals surface area contributed by atoms with Crippen molar-refractivity contribution >= 4 is 5.91 Å². The summed E-state index contributed by atoms with van der Waals surface area (Å²) in [4.78, 5) is 10.4. The van der Waals surface area contributed by atoms with Gasteiger partial charge in [0.15, 0.2) is 0 Å². The fourth-order valence-corrected chi connectivity index (χ4v) is 0.797. The topological polar surface area (TPSA) is 43.1 Å². The predicted molar refractivity (Wildman–Crippen MR) is 73.4 cm³/mol. The average molecular weight is 225 g/mol. The third kappa shape index (κ3) is 15.2. The van der Waals surface area contributed by atoms with Crippen LogP contribution in [0.1, 0.15) is 47.1 Å². The Bertz CT molecular complexity index is 219. The van der Waals surface area contributed by atoms with Crippen LogP contribution in [0.2, 0.25) is 0 Å². The molecule has 94 valence electrons. The molecule has 1 aromatic rings. The van der Waals surface area contributed by atoms with Crippen molar-refractivity contribution in [3.8, 4) is 0 Å². The first kappa shape index (κ1) is 20.1. The van der Waals surface area contributed by atoms with Crippen molar-refractivity contribution in [1.82, 2.24) is 0 Å². The van der Waals surface area contributed by atoms with Gasteiger partial charge in [0.1, 0.15) is 0 Å². The van der Waals surface area contributed by atoms with Gasteiger partial charge in [-0.15, -0.1) is 0 Å². The van der Waals surface area contributed by atoms with Crippen LogP contribution in [-0.4, -0.2) is 5.91 Å². The smallest absolute Gasteiger partial charge is 0.221 e. The van der Waals surface area contributed by atoms with E-state index in [2.05, 4.69) is 0 Å². The molecule has 0 aliphatic carbocycles. The van der Waals surface area contributed by atoms with Crippen molar-refractivity contribution in [3.05, 3.63) is 35.9 Å². The van der Waals surface area contributed by atoms with Gasteiger partial charge in [-0.2, -0.15) is 0 Å². The van der Waals surface area contributed by atoms with Crippen molar-refractivity contribution in [2.24, 2.45) is 5.73 Å². The third-order valence-corrected chi connectivity index (χ3v) is 1.22. The van der Waals surface area contributed by atoms with E-state index in [1.165, 1.54) is 0 Å². The minimum atomic E-state index is -0.286. The highest BCUT2D eigenvalue weighted by Crippen LogP contribution is 1.97. The van der Waals surface area contributed by atoms with Crippen LogP contribution in [0.5, 0.6) is 0 Å². The molecule has 0 spiro atoms. The second kappa shape index (κ2) is 19.3. The quantitative estimate of drug-likeness (QED) is 0.817. The Balaban J connectivity index is -0.000000245. The molecule has 0 atom stereocenters. The van der Waals surface area contributed by atoms with E-state index in [-0.39, 0.29) is 5.91 Å². The van der Waals surface area contributed by atoms with Gasteiger partial charge in [-0.1, -0.05) is 71.9 Å². The first-order chi connectivity index (χ1) is 7.79. The molecule has 0 aliphatic rings. The lowest BCUT2D eigenvalue weighted by atomic mass is 10.1. The standard InChI is InChI=1S/C8H9NO.3C2H6/c9-8(10)6-7-4-2-1-3-5-7;3*1-2/h1-5H,6H2,(H2,9,10);3*1-2H3. The van der Waals surface area contributed by atoms with Gasteiger partial charge >= 0.3 is 0 Å². The Morgan fingerprint density at radius 1 is 0.938 bits per heavy atom. The zero-order valence-electron chi connectivity index (χ0n) is 11.6. The van der Waals surface area contributed by atoms with Crippen molar-refractivity contribution in [1.29, 1.82) is 0 Å². The lowest BCUT2D eigenvalue weighted by Gasteiger charge is -1.93. The van der Waals surface area contributed by atoms with E-state index in [1.54, 1.807) is 0 Å². The summed E-state index contributed by atoms with van der Waals surface area (Å²) in [5, 5.41) is 0. The lowest BCUT2D eigenvalue weighted by molar-refractivity contribution is -0.117. The molecule has 2 heteroatoms. The fraction of sp³-hybridized carbons (Fsp3) is 0.500. The number of nitrogens with two attached hydrogens (primary N) is 1. The molecule has 0 heterocycles. The number of carbonyl (C=O) groups excluding carboxylic acids is 1. The summed E-state index contributed by atoms with van der Waals surface area (Å²) >= 11 is 0. The Morgan fingerprint density at radius 3 is 1.62 bits per heavy atom. The van der Waals surface area contributed by atoms with Gasteiger partial charge in [0, 0.05) is 0 Å². The second-order valence-corrected chi connectivity index (χ2v) is 2.13. The van der Waals surface area contributed by atoms with Gasteiger partial charge < -0.3 is 5.73 Å². The summed E-state index contributed by atoms with van der Waals surface area (Å²) in [5.41, 5.74) is 5.95. The Hall–Kier alpha value is -1.31. The summed E-state index contributed by atoms with van der Waals surface area (Å²) < 4.78 is 0. The molecule has 0 radical (unpaired) electrons. The number of benzene rings is 1. The molecule has 1 amide bonds. The predicted octanol–water partition coefficient (Wildman–Crippen LogP) is 3.79. The van der Waals surface area contributed by atoms with Gasteiger partial charge in [-0.05, 0) is 5.56 Å². The second-order valence-electron chi connectivity index (χ2n) is 2.13. The van der Waals surface area contributed by atoms with Crippen LogP contribution in [0.25, 0.3) is 0 Å². The number of carbonyl (C=O) groups is 1. The van der Waals surface area contributed by atoms with Crippen LogP contribution in [0.3, 0.4) is 0 Å². The van der Waals surface area contributed by atoms with Crippen molar-refractivity contribution < 1.29 is 4.79 Å². The molecule has 1 rings (SSSR count). The summed E-state index contributed by atoms with van der Waals surface area (Å²) in [6, 6.07) is 9.44. The third-order valence-electron chi connectivity index (χ3n) is 1.22. The lowest BCUT2D eigenvalue weighted by Crippen LogP contribution is -2.13. The molecule has 0 bridgehead atoms. The van der Waals surface area contributed by atoms with Gasteiger partial charge in [-0.3, -0.25) is 4.79 Å². The van der Waals surface area contributed by atoms with E-state index in [0.29, 0.717) is 6.42 Å². The molecule has 0 fully saturated rings. The number of hydrogen-bond acceptors (Lipinski definition) is 1. The molecule has 0 unspecified atom stereocenters. The van der Waals surface area contributed by atoms with Crippen LogP contribution >= 0.6 is 0 Å². The summed E-state index contributed by atoms with van der Waals surface area (Å²) in [7, 11) is 0. The highest BCUT2D eigenvalue weighted by molar-refractivity contribution is 5.76. The zero-order valence-corrected chi connectivity index (χ0v) is 11.6. The van der Waals surface area contributed by atoms with Gasteiger partial charge in [0.25, 0.3) is 0 Å². The Labute approximate surface area is 101 Å². The maximum Gasteiger partial charge on any atom is 0.221 e. The maximum atomic E-state index is 10.4. The normalized spacial score (nSPS) is 6.88. The Kier molecular flexibility index (Phi) is 24.3. The molecule has 0 saturated heterocycles. The SMILES string of the molecule is CC.CC.CC.NC(=O)Cc1ccccc1. The molecular formula is C14H27NO.